The first kappa shape index (κ1) is 16.3. The summed E-state index contributed by atoms with van der Waals surface area (Å²) in [5, 5.41) is 0. The lowest BCUT2D eigenvalue weighted by atomic mass is 9.86. The van der Waals surface area contributed by atoms with Crippen LogP contribution in [-0.2, 0) is 5.54 Å². The normalized spacial score (nSPS) is 22.1. The molecule has 2 rings (SSSR count). The van der Waals surface area contributed by atoms with Crippen LogP contribution in [0, 0.1) is 0 Å². The largest absolute Gasteiger partial charge is 0.415 e. The Balaban J connectivity index is 0.000000956. The molecule has 1 aliphatic rings. The number of carbonyl (C=O) groups excluding carboxylic acids is 1. The van der Waals surface area contributed by atoms with Crippen molar-refractivity contribution < 1.29 is 18.0 Å². The number of alkyl halides is 3. The van der Waals surface area contributed by atoms with Gasteiger partial charge in [-0.05, 0) is 13.0 Å². The van der Waals surface area contributed by atoms with E-state index in [0.29, 0.717) is 5.69 Å². The Labute approximate surface area is 117 Å². The summed E-state index contributed by atoms with van der Waals surface area (Å²) in [4.78, 5) is 13.9. The van der Waals surface area contributed by atoms with Crippen molar-refractivity contribution in [1.29, 1.82) is 0 Å². The molecular weight excluding hydrogens is 269 g/mol. The molecule has 0 bridgehead atoms. The first-order valence-corrected chi connectivity index (χ1v) is 6.39. The summed E-state index contributed by atoms with van der Waals surface area (Å²) in [7, 11) is 2.63. The molecule has 0 aliphatic carbocycles. The van der Waals surface area contributed by atoms with Gasteiger partial charge in [0.25, 0.3) is 0 Å². The number of hydrogen-bond acceptors (Lipinski definition) is 1. The second kappa shape index (κ2) is 5.34. The second-order valence-electron chi connectivity index (χ2n) is 4.49. The molecule has 3 nitrogen and oxygen atoms in total. The minimum Gasteiger partial charge on any atom is -0.309 e. The van der Waals surface area contributed by atoms with Crippen molar-refractivity contribution in [2.45, 2.75) is 32.5 Å². The summed E-state index contributed by atoms with van der Waals surface area (Å²) in [5.41, 5.74) is -1.92. The van der Waals surface area contributed by atoms with Gasteiger partial charge >= 0.3 is 12.2 Å². The maximum absolute atomic E-state index is 13.3. The SMILES string of the molecule is CC.CN1C(=O)N(C)[C@](C)(C(F)(F)F)c2ccccc21. The third-order valence-corrected chi connectivity index (χ3v) is 3.59. The summed E-state index contributed by atoms with van der Waals surface area (Å²) in [6, 6.07) is 5.41. The van der Waals surface area contributed by atoms with Crippen molar-refractivity contribution in [1.82, 2.24) is 4.90 Å². The molecule has 0 fully saturated rings. The van der Waals surface area contributed by atoms with E-state index in [1.165, 1.54) is 31.1 Å². The van der Waals surface area contributed by atoms with Crippen molar-refractivity contribution in [3.63, 3.8) is 0 Å². The summed E-state index contributed by atoms with van der Waals surface area (Å²) in [6.45, 7) is 5.02. The van der Waals surface area contributed by atoms with Crippen LogP contribution in [0.2, 0.25) is 0 Å². The van der Waals surface area contributed by atoms with Crippen LogP contribution in [0.3, 0.4) is 0 Å². The van der Waals surface area contributed by atoms with Crippen LogP contribution < -0.4 is 4.90 Å². The molecule has 0 radical (unpaired) electrons. The predicted molar refractivity (Wildman–Crippen MR) is 72.8 cm³/mol. The molecule has 1 aliphatic heterocycles. The molecule has 0 saturated carbocycles. The number of amides is 2. The number of carbonyl (C=O) groups is 1. The van der Waals surface area contributed by atoms with Crippen LogP contribution in [0.1, 0.15) is 26.3 Å². The van der Waals surface area contributed by atoms with E-state index in [2.05, 4.69) is 0 Å². The fraction of sp³-hybridized carbons (Fsp3) is 0.500. The Hall–Kier alpha value is -1.72. The summed E-state index contributed by atoms with van der Waals surface area (Å²) in [5.74, 6) is 0. The maximum atomic E-state index is 13.3. The summed E-state index contributed by atoms with van der Waals surface area (Å²) < 4.78 is 40.0. The van der Waals surface area contributed by atoms with E-state index in [-0.39, 0.29) is 5.56 Å². The van der Waals surface area contributed by atoms with Gasteiger partial charge < -0.3 is 4.90 Å². The zero-order chi connectivity index (χ0) is 15.7. The topological polar surface area (TPSA) is 23.6 Å². The van der Waals surface area contributed by atoms with E-state index in [9.17, 15) is 18.0 Å². The average molecular weight is 288 g/mol. The fourth-order valence-corrected chi connectivity index (χ4v) is 2.22. The number of fused-ring (bicyclic) bond motifs is 1. The highest BCUT2D eigenvalue weighted by Gasteiger charge is 2.60. The number of hydrogen-bond donors (Lipinski definition) is 0. The molecule has 6 heteroatoms. The van der Waals surface area contributed by atoms with Gasteiger partial charge in [-0.3, -0.25) is 4.90 Å². The number of rotatable bonds is 0. The number of benzene rings is 1. The summed E-state index contributed by atoms with van der Waals surface area (Å²) in [6.07, 6.45) is -4.53. The van der Waals surface area contributed by atoms with Crippen molar-refractivity contribution >= 4 is 11.7 Å². The number of halogens is 3. The molecule has 1 aromatic carbocycles. The Morgan fingerprint density at radius 3 is 2.10 bits per heavy atom. The molecule has 0 spiro atoms. The third-order valence-electron chi connectivity index (χ3n) is 3.59. The average Bonchev–Trinajstić information content (AvgIpc) is 2.43. The predicted octanol–water partition coefficient (Wildman–Crippen LogP) is 3.99. The maximum Gasteiger partial charge on any atom is 0.415 e. The van der Waals surface area contributed by atoms with E-state index in [0.717, 1.165) is 11.8 Å². The van der Waals surface area contributed by atoms with Crippen molar-refractivity contribution in [3.05, 3.63) is 29.8 Å². The molecule has 1 aromatic rings. The smallest absolute Gasteiger partial charge is 0.309 e. The van der Waals surface area contributed by atoms with E-state index in [1.807, 2.05) is 13.8 Å². The Morgan fingerprint density at radius 2 is 1.60 bits per heavy atom. The molecule has 112 valence electrons. The van der Waals surface area contributed by atoms with Gasteiger partial charge in [0.15, 0.2) is 5.54 Å². The zero-order valence-corrected chi connectivity index (χ0v) is 12.2. The Kier molecular flexibility index (Phi) is 4.36. The minimum atomic E-state index is -4.53. The third kappa shape index (κ3) is 2.13. The fourth-order valence-electron chi connectivity index (χ4n) is 2.22. The van der Waals surface area contributed by atoms with Gasteiger partial charge in [0.2, 0.25) is 0 Å². The number of nitrogens with zero attached hydrogens (tertiary/aromatic N) is 2. The monoisotopic (exact) mass is 288 g/mol. The number of anilines is 1. The van der Waals surface area contributed by atoms with E-state index in [1.54, 1.807) is 12.1 Å². The first-order chi connectivity index (χ1) is 9.21. The second-order valence-corrected chi connectivity index (χ2v) is 4.49. The molecule has 1 heterocycles. The lowest BCUT2D eigenvalue weighted by Crippen LogP contribution is -2.61. The standard InChI is InChI=1S/C12H13F3N2O.C2H6/c1-11(12(13,14)15)8-6-4-5-7-9(8)16(2)10(18)17(11)3;1-2/h4-7H,1-3H3;1-2H3/t11-;/m0./s1. The molecule has 0 N–H and O–H groups in total. The molecule has 20 heavy (non-hydrogen) atoms. The van der Waals surface area contributed by atoms with E-state index in [4.69, 9.17) is 0 Å². The Bertz CT molecular complexity index is 501. The number of para-hydroxylation sites is 1. The van der Waals surface area contributed by atoms with Crippen molar-refractivity contribution in [2.75, 3.05) is 19.0 Å². The Morgan fingerprint density at radius 1 is 1.10 bits per heavy atom. The van der Waals surface area contributed by atoms with Gasteiger partial charge in [0.1, 0.15) is 0 Å². The van der Waals surface area contributed by atoms with Gasteiger partial charge in [-0.1, -0.05) is 32.0 Å². The molecule has 0 saturated heterocycles. The molecular formula is C14H19F3N2O. The van der Waals surface area contributed by atoms with Gasteiger partial charge in [0, 0.05) is 19.7 Å². The van der Waals surface area contributed by atoms with E-state index >= 15 is 0 Å². The quantitative estimate of drug-likeness (QED) is 0.708. The number of urea groups is 1. The van der Waals surface area contributed by atoms with Crippen LogP contribution in [0.5, 0.6) is 0 Å². The van der Waals surface area contributed by atoms with Crippen LogP contribution in [0.4, 0.5) is 23.7 Å². The lowest BCUT2D eigenvalue weighted by Gasteiger charge is -2.47. The van der Waals surface area contributed by atoms with Crippen LogP contribution in [0.15, 0.2) is 24.3 Å². The van der Waals surface area contributed by atoms with Crippen molar-refractivity contribution in [3.8, 4) is 0 Å². The highest BCUT2D eigenvalue weighted by molar-refractivity contribution is 5.95. The molecule has 0 aromatic heterocycles. The minimum absolute atomic E-state index is 0.0853. The highest BCUT2D eigenvalue weighted by Crippen LogP contribution is 2.49. The molecule has 2 amide bonds. The van der Waals surface area contributed by atoms with Gasteiger partial charge in [-0.25, -0.2) is 4.79 Å². The first-order valence-electron chi connectivity index (χ1n) is 6.39. The molecule has 0 unspecified atom stereocenters. The van der Waals surface area contributed by atoms with Crippen LogP contribution in [0.25, 0.3) is 0 Å². The van der Waals surface area contributed by atoms with Crippen LogP contribution in [-0.4, -0.2) is 31.2 Å². The lowest BCUT2D eigenvalue weighted by molar-refractivity contribution is -0.219. The molecule has 1 atom stereocenters. The van der Waals surface area contributed by atoms with Gasteiger partial charge in [-0.15, -0.1) is 0 Å². The summed E-state index contributed by atoms with van der Waals surface area (Å²) >= 11 is 0. The zero-order valence-electron chi connectivity index (χ0n) is 12.2. The van der Waals surface area contributed by atoms with Gasteiger partial charge in [-0.2, -0.15) is 13.2 Å². The highest BCUT2D eigenvalue weighted by atomic mass is 19.4. The van der Waals surface area contributed by atoms with E-state index < -0.39 is 17.7 Å². The van der Waals surface area contributed by atoms with Crippen molar-refractivity contribution in [2.24, 2.45) is 0 Å². The van der Waals surface area contributed by atoms with Crippen LogP contribution >= 0.6 is 0 Å². The van der Waals surface area contributed by atoms with Gasteiger partial charge in [0.05, 0.1) is 5.69 Å².